The highest BCUT2D eigenvalue weighted by molar-refractivity contribution is 5.95. The van der Waals surface area contributed by atoms with Crippen LogP contribution in [-0.4, -0.2) is 30.6 Å². The fourth-order valence-corrected chi connectivity index (χ4v) is 2.53. The smallest absolute Gasteiger partial charge is 0.337 e. The maximum absolute atomic E-state index is 12.2. The molecule has 2 N–H and O–H groups in total. The Hall–Kier alpha value is -3.10. The van der Waals surface area contributed by atoms with Crippen molar-refractivity contribution in [2.75, 3.05) is 13.7 Å². The molecule has 0 radical (unpaired) electrons. The minimum atomic E-state index is -0.923. The number of ether oxygens (including phenoxy) is 2. The first-order valence-electron chi connectivity index (χ1n) is 7.66. The van der Waals surface area contributed by atoms with Gasteiger partial charge in [-0.05, 0) is 19.4 Å². The first-order chi connectivity index (χ1) is 11.9. The molecule has 1 atom stereocenters. The largest absolute Gasteiger partial charge is 0.493 e. The van der Waals surface area contributed by atoms with E-state index in [1.54, 1.807) is 6.92 Å². The second-order valence-electron chi connectivity index (χ2n) is 5.39. The summed E-state index contributed by atoms with van der Waals surface area (Å²) in [6.07, 6.45) is 0.730. The van der Waals surface area contributed by atoms with Crippen LogP contribution in [0.4, 0.5) is 10.5 Å². The van der Waals surface area contributed by atoms with Crippen LogP contribution in [0.25, 0.3) is 0 Å². The van der Waals surface area contributed by atoms with Crippen molar-refractivity contribution >= 4 is 17.7 Å². The van der Waals surface area contributed by atoms with E-state index in [4.69, 9.17) is 9.47 Å². The van der Waals surface area contributed by atoms with Crippen molar-refractivity contribution in [2.45, 2.75) is 26.3 Å². The third-order valence-corrected chi connectivity index (χ3v) is 3.65. The first kappa shape index (κ1) is 18.2. The highest BCUT2D eigenvalue weighted by Gasteiger charge is 2.34. The van der Waals surface area contributed by atoms with E-state index in [9.17, 15) is 19.7 Å². The lowest BCUT2D eigenvalue weighted by Crippen LogP contribution is -2.45. The van der Waals surface area contributed by atoms with Gasteiger partial charge in [0, 0.05) is 23.4 Å². The van der Waals surface area contributed by atoms with Gasteiger partial charge in [0.2, 0.25) is 0 Å². The second kappa shape index (κ2) is 7.65. The third kappa shape index (κ3) is 3.87. The van der Waals surface area contributed by atoms with E-state index in [2.05, 4.69) is 10.6 Å². The van der Waals surface area contributed by atoms with Gasteiger partial charge in [-0.25, -0.2) is 9.59 Å². The third-order valence-electron chi connectivity index (χ3n) is 3.65. The van der Waals surface area contributed by atoms with Crippen molar-refractivity contribution in [1.29, 1.82) is 0 Å². The molecule has 0 aromatic heterocycles. The molecule has 0 fully saturated rings. The average molecular weight is 349 g/mol. The number of hydrogen-bond donors (Lipinski definition) is 2. The Morgan fingerprint density at radius 2 is 2.12 bits per heavy atom. The topological polar surface area (TPSA) is 120 Å². The molecule has 0 bridgehead atoms. The number of methoxy groups -OCH3 is 1. The normalized spacial score (nSPS) is 16.8. The van der Waals surface area contributed by atoms with E-state index < -0.39 is 23.0 Å². The van der Waals surface area contributed by atoms with Crippen LogP contribution >= 0.6 is 0 Å². The number of hydrogen-bond acceptors (Lipinski definition) is 6. The molecule has 1 heterocycles. The van der Waals surface area contributed by atoms with E-state index in [1.165, 1.54) is 25.3 Å². The number of nitrogens with one attached hydrogen (secondary N) is 2. The number of rotatable bonds is 6. The van der Waals surface area contributed by atoms with Gasteiger partial charge in [-0.15, -0.1) is 0 Å². The molecule has 9 heteroatoms. The van der Waals surface area contributed by atoms with Crippen molar-refractivity contribution in [3.05, 3.63) is 45.1 Å². The predicted molar refractivity (Wildman–Crippen MR) is 88.0 cm³/mol. The number of benzene rings is 1. The quantitative estimate of drug-likeness (QED) is 0.461. The summed E-state index contributed by atoms with van der Waals surface area (Å²) in [5.41, 5.74) is 0.614. The number of nitro benzene ring substituents is 1. The SMILES string of the molecule is CCCOc1ccc([N+](=O)[O-])cc1[C@@H]1NC(=O)NC(C)=C1C(=O)OC. The number of non-ortho nitro benzene ring substituents is 1. The van der Waals surface area contributed by atoms with Gasteiger partial charge in [0.1, 0.15) is 5.75 Å². The van der Waals surface area contributed by atoms with Gasteiger partial charge in [-0.3, -0.25) is 10.1 Å². The lowest BCUT2D eigenvalue weighted by atomic mass is 9.94. The van der Waals surface area contributed by atoms with Crippen LogP contribution in [-0.2, 0) is 9.53 Å². The summed E-state index contributed by atoms with van der Waals surface area (Å²) in [7, 11) is 1.22. The zero-order chi connectivity index (χ0) is 18.6. The highest BCUT2D eigenvalue weighted by Crippen LogP contribution is 2.36. The Labute approximate surface area is 144 Å². The number of allylic oxidation sites excluding steroid dienone is 1. The van der Waals surface area contributed by atoms with Gasteiger partial charge in [-0.1, -0.05) is 6.92 Å². The zero-order valence-corrected chi connectivity index (χ0v) is 14.1. The summed E-state index contributed by atoms with van der Waals surface area (Å²) < 4.78 is 10.4. The molecule has 2 amide bonds. The van der Waals surface area contributed by atoms with E-state index in [0.29, 0.717) is 23.6 Å². The fraction of sp³-hybridized carbons (Fsp3) is 0.375. The molecule has 2 rings (SSSR count). The van der Waals surface area contributed by atoms with Gasteiger partial charge in [0.25, 0.3) is 5.69 Å². The molecule has 134 valence electrons. The number of urea groups is 1. The van der Waals surface area contributed by atoms with E-state index in [0.717, 1.165) is 6.42 Å². The number of amides is 2. The first-order valence-corrected chi connectivity index (χ1v) is 7.66. The van der Waals surface area contributed by atoms with Crippen molar-refractivity contribution < 1.29 is 24.0 Å². The van der Waals surface area contributed by atoms with E-state index in [-0.39, 0.29) is 11.3 Å². The molecule has 1 aromatic rings. The molecular weight excluding hydrogens is 330 g/mol. The summed E-state index contributed by atoms with van der Waals surface area (Å²) in [5, 5.41) is 16.2. The Kier molecular flexibility index (Phi) is 5.58. The fourth-order valence-electron chi connectivity index (χ4n) is 2.53. The van der Waals surface area contributed by atoms with Gasteiger partial charge < -0.3 is 20.1 Å². The Morgan fingerprint density at radius 3 is 2.72 bits per heavy atom. The van der Waals surface area contributed by atoms with Crippen molar-refractivity contribution in [2.24, 2.45) is 0 Å². The van der Waals surface area contributed by atoms with Crippen molar-refractivity contribution in [3.8, 4) is 5.75 Å². The summed E-state index contributed by atoms with van der Waals surface area (Å²) >= 11 is 0. The number of nitrogens with zero attached hydrogens (tertiary/aromatic N) is 1. The molecule has 0 unspecified atom stereocenters. The molecular formula is C16H19N3O6. The summed E-state index contributed by atoms with van der Waals surface area (Å²) in [5.74, 6) is -0.295. The Balaban J connectivity index is 2.60. The second-order valence-corrected chi connectivity index (χ2v) is 5.39. The molecule has 0 aliphatic carbocycles. The van der Waals surface area contributed by atoms with Gasteiger partial charge >= 0.3 is 12.0 Å². The van der Waals surface area contributed by atoms with Crippen LogP contribution < -0.4 is 15.4 Å². The summed E-state index contributed by atoms with van der Waals surface area (Å²) in [6, 6.07) is 2.61. The lowest BCUT2D eigenvalue weighted by molar-refractivity contribution is -0.385. The molecule has 0 spiro atoms. The van der Waals surface area contributed by atoms with Crippen molar-refractivity contribution in [1.82, 2.24) is 10.6 Å². The molecule has 1 aliphatic heterocycles. The molecule has 25 heavy (non-hydrogen) atoms. The monoisotopic (exact) mass is 349 g/mol. The van der Waals surface area contributed by atoms with Gasteiger partial charge in [0.15, 0.2) is 0 Å². The molecule has 1 aliphatic rings. The molecule has 1 aromatic carbocycles. The van der Waals surface area contributed by atoms with Crippen LogP contribution in [0.15, 0.2) is 29.5 Å². The van der Waals surface area contributed by atoms with Crippen molar-refractivity contribution in [3.63, 3.8) is 0 Å². The molecule has 0 saturated carbocycles. The molecule has 0 saturated heterocycles. The molecule has 9 nitrogen and oxygen atoms in total. The zero-order valence-electron chi connectivity index (χ0n) is 14.1. The summed E-state index contributed by atoms with van der Waals surface area (Å²) in [4.78, 5) is 34.6. The number of esters is 1. The van der Waals surface area contributed by atoms with Crippen LogP contribution in [0, 0.1) is 10.1 Å². The highest BCUT2D eigenvalue weighted by atomic mass is 16.6. The van der Waals surface area contributed by atoms with Crippen LogP contribution in [0.3, 0.4) is 0 Å². The van der Waals surface area contributed by atoms with Gasteiger partial charge in [-0.2, -0.15) is 0 Å². The number of nitro groups is 1. The van der Waals surface area contributed by atoms with Crippen LogP contribution in [0.2, 0.25) is 0 Å². The Morgan fingerprint density at radius 1 is 1.40 bits per heavy atom. The predicted octanol–water partition coefficient (Wildman–Crippen LogP) is 2.18. The maximum atomic E-state index is 12.2. The minimum Gasteiger partial charge on any atom is -0.493 e. The standard InChI is InChI=1S/C16H19N3O6/c1-4-7-25-12-6-5-10(19(22)23)8-11(12)14-13(15(20)24-3)9(2)17-16(21)18-14/h5-6,8,14H,4,7H2,1-3H3,(H2,17,18,21)/t14-/m0/s1. The van der Waals surface area contributed by atoms with Crippen LogP contribution in [0.1, 0.15) is 31.9 Å². The maximum Gasteiger partial charge on any atom is 0.337 e. The minimum absolute atomic E-state index is 0.156. The van der Waals surface area contributed by atoms with E-state index in [1.807, 2.05) is 6.92 Å². The van der Waals surface area contributed by atoms with E-state index >= 15 is 0 Å². The number of carbonyl (C=O) groups is 2. The Bertz CT molecular complexity index is 743. The van der Waals surface area contributed by atoms with Gasteiger partial charge in [0.05, 0.1) is 30.3 Å². The average Bonchev–Trinajstić information content (AvgIpc) is 2.58. The number of carbonyl (C=O) groups excluding carboxylic acids is 2. The summed E-state index contributed by atoms with van der Waals surface area (Å²) in [6.45, 7) is 3.86. The lowest BCUT2D eigenvalue weighted by Gasteiger charge is -2.28. The van der Waals surface area contributed by atoms with Crippen LogP contribution in [0.5, 0.6) is 5.75 Å².